The molecule has 0 rings (SSSR count). The summed E-state index contributed by atoms with van der Waals surface area (Å²) in [5, 5.41) is 1.85. The van der Waals surface area contributed by atoms with Crippen LogP contribution in [0.15, 0.2) is 0 Å². The van der Waals surface area contributed by atoms with Crippen LogP contribution in [-0.4, -0.2) is 11.9 Å². The number of carbonyl (C=O) groups is 1. The average Bonchev–Trinajstić information content (AvgIpc) is 1.35. The molecule has 0 aromatic rings. The molecule has 2 nitrogen and oxygen atoms in total. The van der Waals surface area contributed by atoms with Crippen molar-refractivity contribution in [2.24, 2.45) is 0 Å². The van der Waals surface area contributed by atoms with Crippen LogP contribution in [0.2, 0.25) is 0 Å². The third-order valence-corrected chi connectivity index (χ3v) is 0.449. The van der Waals surface area contributed by atoms with Gasteiger partial charge in [0.1, 0.15) is 0 Å². The van der Waals surface area contributed by atoms with Crippen molar-refractivity contribution in [1.82, 2.24) is 5.32 Å². The third kappa shape index (κ3) is 3.76. The lowest BCUT2D eigenvalue weighted by molar-refractivity contribution is 0.260. The van der Waals surface area contributed by atoms with Crippen molar-refractivity contribution in [1.29, 1.82) is 0 Å². The van der Waals surface area contributed by atoms with Crippen LogP contribution in [0.4, 0.5) is 4.79 Å². The first kappa shape index (κ1) is 5.76. The van der Waals surface area contributed by atoms with Crippen LogP contribution in [-0.2, 0) is 0 Å². The highest BCUT2D eigenvalue weighted by molar-refractivity contribution is 6.62. The molecule has 0 aliphatic rings. The van der Waals surface area contributed by atoms with E-state index in [0.29, 0.717) is 6.54 Å². The van der Waals surface area contributed by atoms with Crippen LogP contribution in [0.1, 0.15) is 6.92 Å². The molecule has 0 unspecified atom stereocenters. The minimum Gasteiger partial charge on any atom is -0.343 e. The Morgan fingerprint density at radius 3 is 2.50 bits per heavy atom. The summed E-state index contributed by atoms with van der Waals surface area (Å²) in [5.41, 5.74) is 0. The van der Waals surface area contributed by atoms with Crippen molar-refractivity contribution < 1.29 is 4.79 Å². The zero-order chi connectivity index (χ0) is 4.99. The van der Waals surface area contributed by atoms with E-state index in [1.54, 1.807) is 6.92 Å². The van der Waals surface area contributed by atoms with E-state index < -0.39 is 5.37 Å². The number of amides is 1. The van der Waals surface area contributed by atoms with Gasteiger partial charge in [-0.2, -0.15) is 0 Å². The monoisotopic (exact) mass is 107 g/mol. The van der Waals surface area contributed by atoms with Crippen molar-refractivity contribution in [3.63, 3.8) is 0 Å². The SMILES string of the molecule is CCNC(=O)Cl. The molecule has 0 radical (unpaired) electrons. The predicted molar refractivity (Wildman–Crippen MR) is 24.9 cm³/mol. The lowest BCUT2D eigenvalue weighted by atomic mass is 10.8. The van der Waals surface area contributed by atoms with Gasteiger partial charge in [-0.25, -0.2) is 0 Å². The lowest BCUT2D eigenvalue weighted by Gasteiger charge is -1.86. The van der Waals surface area contributed by atoms with Gasteiger partial charge in [0.25, 0.3) is 0 Å². The molecule has 0 aliphatic carbocycles. The molecule has 0 fully saturated rings. The Kier molecular flexibility index (Phi) is 2.85. The van der Waals surface area contributed by atoms with Crippen molar-refractivity contribution in [2.45, 2.75) is 6.92 Å². The Bertz CT molecular complexity index is 54.8. The summed E-state index contributed by atoms with van der Waals surface area (Å²) in [4.78, 5) is 9.70. The molecule has 3 heteroatoms. The number of hydrogen-bond donors (Lipinski definition) is 1. The van der Waals surface area contributed by atoms with Crippen molar-refractivity contribution in [3.05, 3.63) is 0 Å². The smallest absolute Gasteiger partial charge is 0.313 e. The number of hydrogen-bond acceptors (Lipinski definition) is 1. The summed E-state index contributed by atoms with van der Waals surface area (Å²) in [6.45, 7) is 2.41. The number of nitrogens with one attached hydrogen (secondary N) is 1. The standard InChI is InChI=1S/C3H6ClNO/c1-2-5-3(4)6/h2H2,1H3,(H,5,6). The van der Waals surface area contributed by atoms with E-state index in [-0.39, 0.29) is 0 Å². The Morgan fingerprint density at radius 2 is 2.50 bits per heavy atom. The summed E-state index contributed by atoms with van der Waals surface area (Å²) in [6, 6.07) is 0. The van der Waals surface area contributed by atoms with Gasteiger partial charge in [0.15, 0.2) is 0 Å². The molecule has 0 spiro atoms. The summed E-state index contributed by atoms with van der Waals surface area (Å²) >= 11 is 4.83. The first-order valence-corrected chi connectivity index (χ1v) is 2.08. The fourth-order valence-corrected chi connectivity index (χ4v) is 0.273. The maximum Gasteiger partial charge on any atom is 0.313 e. The van der Waals surface area contributed by atoms with Gasteiger partial charge in [-0.3, -0.25) is 4.79 Å². The first-order valence-electron chi connectivity index (χ1n) is 1.70. The molecule has 0 aliphatic heterocycles. The highest BCUT2D eigenvalue weighted by Crippen LogP contribution is 1.72. The molecule has 0 aromatic carbocycles. The van der Waals surface area contributed by atoms with Crippen LogP contribution in [0, 0.1) is 0 Å². The van der Waals surface area contributed by atoms with Gasteiger partial charge in [-0.15, -0.1) is 0 Å². The zero-order valence-corrected chi connectivity index (χ0v) is 4.25. The molecular weight excluding hydrogens is 101 g/mol. The fourth-order valence-electron chi connectivity index (χ4n) is 0.139. The molecule has 0 bridgehead atoms. The Labute approximate surface area is 41.5 Å². The van der Waals surface area contributed by atoms with Gasteiger partial charge >= 0.3 is 5.37 Å². The van der Waals surface area contributed by atoms with Gasteiger partial charge in [-0.05, 0) is 18.5 Å². The van der Waals surface area contributed by atoms with Gasteiger partial charge in [0.05, 0.1) is 0 Å². The topological polar surface area (TPSA) is 29.1 Å². The van der Waals surface area contributed by atoms with E-state index in [1.807, 2.05) is 0 Å². The summed E-state index contributed by atoms with van der Waals surface area (Å²) < 4.78 is 0. The van der Waals surface area contributed by atoms with Crippen LogP contribution < -0.4 is 5.32 Å². The van der Waals surface area contributed by atoms with E-state index >= 15 is 0 Å². The molecule has 0 atom stereocenters. The summed E-state index contributed by atoms with van der Waals surface area (Å²) in [5.74, 6) is 0. The van der Waals surface area contributed by atoms with E-state index in [2.05, 4.69) is 5.32 Å². The normalized spacial score (nSPS) is 7.67. The first-order chi connectivity index (χ1) is 2.77. The zero-order valence-electron chi connectivity index (χ0n) is 3.49. The molecule has 36 valence electrons. The molecule has 0 saturated heterocycles. The molecular formula is C3H6ClNO. The molecule has 0 heterocycles. The Balaban J connectivity index is 2.83. The molecule has 0 saturated carbocycles. The highest BCUT2D eigenvalue weighted by Gasteiger charge is 1.82. The Hall–Kier alpha value is -0.240. The van der Waals surface area contributed by atoms with Crippen LogP contribution in [0.5, 0.6) is 0 Å². The third-order valence-electron chi connectivity index (χ3n) is 0.316. The van der Waals surface area contributed by atoms with E-state index in [1.165, 1.54) is 0 Å². The largest absolute Gasteiger partial charge is 0.343 e. The van der Waals surface area contributed by atoms with Crippen molar-refractivity contribution in [2.75, 3.05) is 6.54 Å². The van der Waals surface area contributed by atoms with E-state index in [9.17, 15) is 4.79 Å². The van der Waals surface area contributed by atoms with Crippen LogP contribution in [0.25, 0.3) is 0 Å². The van der Waals surface area contributed by atoms with Crippen molar-refractivity contribution in [3.8, 4) is 0 Å². The number of carbonyl (C=O) groups excluding carboxylic acids is 1. The minimum atomic E-state index is -0.488. The minimum absolute atomic E-state index is 0.488. The molecule has 0 aromatic heterocycles. The van der Waals surface area contributed by atoms with E-state index in [4.69, 9.17) is 11.6 Å². The maximum absolute atomic E-state index is 9.70. The second-order valence-corrected chi connectivity index (χ2v) is 1.15. The highest BCUT2D eigenvalue weighted by atomic mass is 35.5. The van der Waals surface area contributed by atoms with Gasteiger partial charge in [0.2, 0.25) is 0 Å². The van der Waals surface area contributed by atoms with Gasteiger partial charge in [0, 0.05) is 6.54 Å². The summed E-state index contributed by atoms with van der Waals surface area (Å²) in [6.07, 6.45) is 0. The lowest BCUT2D eigenvalue weighted by Crippen LogP contribution is -2.14. The number of rotatable bonds is 1. The number of halogens is 1. The average molecular weight is 108 g/mol. The van der Waals surface area contributed by atoms with E-state index in [0.717, 1.165) is 0 Å². The molecule has 6 heavy (non-hydrogen) atoms. The molecule has 1 N–H and O–H groups in total. The van der Waals surface area contributed by atoms with Gasteiger partial charge < -0.3 is 5.32 Å². The second kappa shape index (κ2) is 2.97. The van der Waals surface area contributed by atoms with Crippen molar-refractivity contribution >= 4 is 17.0 Å². The predicted octanol–water partition coefficient (Wildman–Crippen LogP) is 0.955. The second-order valence-electron chi connectivity index (χ2n) is 0.804. The quantitative estimate of drug-likeness (QED) is 0.392. The van der Waals surface area contributed by atoms with Crippen LogP contribution in [0.3, 0.4) is 0 Å². The maximum atomic E-state index is 9.70. The Morgan fingerprint density at radius 1 is 2.00 bits per heavy atom. The van der Waals surface area contributed by atoms with Crippen LogP contribution >= 0.6 is 11.6 Å². The fraction of sp³-hybridized carbons (Fsp3) is 0.667. The van der Waals surface area contributed by atoms with Gasteiger partial charge in [-0.1, -0.05) is 0 Å². The molecule has 1 amide bonds. The summed E-state index contributed by atoms with van der Waals surface area (Å²) in [7, 11) is 0.